The minimum atomic E-state index is -0.448. The maximum absolute atomic E-state index is 14.2. The van der Waals surface area contributed by atoms with Gasteiger partial charge in [0.25, 0.3) is 5.56 Å². The topological polar surface area (TPSA) is 94.6 Å². The molecule has 4 heterocycles. The van der Waals surface area contributed by atoms with Gasteiger partial charge in [0, 0.05) is 16.8 Å². The molecule has 0 radical (unpaired) electrons. The number of benzene rings is 2. The molecule has 194 valence electrons. The summed E-state index contributed by atoms with van der Waals surface area (Å²) in [4.78, 5) is 26.7. The molecular formula is C31H26N4O4. The maximum Gasteiger partial charge on any atom is 0.337 e. The van der Waals surface area contributed by atoms with Crippen molar-refractivity contribution in [2.45, 2.75) is 44.7 Å². The number of hydrogen-bond donors (Lipinski definition) is 0. The molecule has 1 aliphatic rings. The SMILES string of the molecule is COC(=O)c1ccc2c(c1)n1c3c(c(C#N)c1n2Cc1ccco1)c1ccccc1c(=O)n3C1CCCCC1. The van der Waals surface area contributed by atoms with Crippen molar-refractivity contribution >= 4 is 44.5 Å². The molecule has 1 aliphatic carbocycles. The van der Waals surface area contributed by atoms with Gasteiger partial charge < -0.3 is 13.7 Å². The highest BCUT2D eigenvalue weighted by Gasteiger charge is 2.29. The van der Waals surface area contributed by atoms with Gasteiger partial charge >= 0.3 is 5.97 Å². The summed E-state index contributed by atoms with van der Waals surface area (Å²) < 4.78 is 16.7. The van der Waals surface area contributed by atoms with Crippen LogP contribution in [0.1, 0.15) is 59.8 Å². The minimum Gasteiger partial charge on any atom is -0.467 e. The zero-order chi connectivity index (χ0) is 26.7. The molecule has 0 spiro atoms. The van der Waals surface area contributed by atoms with Crippen LogP contribution in [0.5, 0.6) is 0 Å². The van der Waals surface area contributed by atoms with Crippen LogP contribution in [0.4, 0.5) is 0 Å². The second-order valence-electron chi connectivity index (χ2n) is 10.2. The molecule has 4 aromatic heterocycles. The molecular weight excluding hydrogens is 492 g/mol. The normalized spacial score (nSPS) is 14.5. The van der Waals surface area contributed by atoms with Crippen LogP contribution in [0.3, 0.4) is 0 Å². The monoisotopic (exact) mass is 518 g/mol. The smallest absolute Gasteiger partial charge is 0.337 e. The van der Waals surface area contributed by atoms with E-state index in [2.05, 4.69) is 6.07 Å². The third-order valence-electron chi connectivity index (χ3n) is 8.12. The van der Waals surface area contributed by atoms with Gasteiger partial charge in [0.1, 0.15) is 28.7 Å². The number of carbonyl (C=O) groups is 1. The maximum atomic E-state index is 14.2. The fourth-order valence-electron chi connectivity index (χ4n) is 6.42. The number of esters is 1. The summed E-state index contributed by atoms with van der Waals surface area (Å²) in [7, 11) is 1.36. The van der Waals surface area contributed by atoms with Gasteiger partial charge in [0.05, 0.1) is 36.5 Å². The molecule has 1 saturated carbocycles. The fraction of sp³-hybridized carbons (Fsp3) is 0.258. The number of rotatable bonds is 4. The Balaban J connectivity index is 1.73. The van der Waals surface area contributed by atoms with Crippen LogP contribution in [-0.4, -0.2) is 26.6 Å². The van der Waals surface area contributed by atoms with Crippen molar-refractivity contribution < 1.29 is 13.9 Å². The van der Waals surface area contributed by atoms with Crippen LogP contribution in [0, 0.1) is 11.3 Å². The number of furan rings is 1. The highest BCUT2D eigenvalue weighted by atomic mass is 16.5. The number of hydrogen-bond acceptors (Lipinski definition) is 5. The van der Waals surface area contributed by atoms with Crippen LogP contribution in [0.15, 0.2) is 70.1 Å². The summed E-state index contributed by atoms with van der Waals surface area (Å²) in [6, 6.07) is 19.2. The van der Waals surface area contributed by atoms with Gasteiger partial charge in [-0.15, -0.1) is 0 Å². The molecule has 2 aromatic carbocycles. The predicted octanol–water partition coefficient (Wildman–Crippen LogP) is 6.17. The van der Waals surface area contributed by atoms with Crippen LogP contribution in [-0.2, 0) is 11.3 Å². The lowest BCUT2D eigenvalue weighted by Crippen LogP contribution is -2.27. The first kappa shape index (κ1) is 23.4. The predicted molar refractivity (Wildman–Crippen MR) is 148 cm³/mol. The van der Waals surface area contributed by atoms with E-state index >= 15 is 0 Å². The Morgan fingerprint density at radius 3 is 2.54 bits per heavy atom. The van der Waals surface area contributed by atoms with Crippen molar-refractivity contribution in [3.05, 3.63) is 88.1 Å². The van der Waals surface area contributed by atoms with Gasteiger partial charge in [-0.1, -0.05) is 37.5 Å². The average Bonchev–Trinajstić information content (AvgIpc) is 3.69. The first-order chi connectivity index (χ1) is 19.1. The van der Waals surface area contributed by atoms with Gasteiger partial charge in [0.15, 0.2) is 0 Å². The van der Waals surface area contributed by atoms with Crippen molar-refractivity contribution in [3.8, 4) is 6.07 Å². The van der Waals surface area contributed by atoms with Crippen molar-refractivity contribution in [1.29, 1.82) is 5.26 Å². The average molecular weight is 519 g/mol. The van der Waals surface area contributed by atoms with Gasteiger partial charge in [-0.25, -0.2) is 4.79 Å². The Morgan fingerprint density at radius 1 is 1.03 bits per heavy atom. The zero-order valence-electron chi connectivity index (χ0n) is 21.5. The van der Waals surface area contributed by atoms with E-state index < -0.39 is 5.97 Å². The van der Waals surface area contributed by atoms with E-state index in [0.29, 0.717) is 34.4 Å². The second kappa shape index (κ2) is 8.91. The summed E-state index contributed by atoms with van der Waals surface area (Å²) >= 11 is 0. The lowest BCUT2D eigenvalue weighted by Gasteiger charge is -2.25. The van der Waals surface area contributed by atoms with E-state index in [9.17, 15) is 14.9 Å². The number of nitriles is 1. The third kappa shape index (κ3) is 3.36. The van der Waals surface area contributed by atoms with Crippen LogP contribution in [0.25, 0.3) is 38.5 Å². The summed E-state index contributed by atoms with van der Waals surface area (Å²) in [6.07, 6.45) is 6.69. The molecule has 0 amide bonds. The van der Waals surface area contributed by atoms with Gasteiger partial charge in [-0.05, 0) is 54.6 Å². The van der Waals surface area contributed by atoms with Gasteiger partial charge in [-0.3, -0.25) is 13.8 Å². The van der Waals surface area contributed by atoms with Gasteiger partial charge in [0.2, 0.25) is 0 Å². The molecule has 8 heteroatoms. The number of methoxy groups -OCH3 is 1. The van der Waals surface area contributed by atoms with E-state index in [-0.39, 0.29) is 11.6 Å². The van der Waals surface area contributed by atoms with E-state index in [1.165, 1.54) is 7.11 Å². The summed E-state index contributed by atoms with van der Waals surface area (Å²) in [5.41, 5.74) is 3.75. The number of pyridine rings is 1. The molecule has 0 bridgehead atoms. The lowest BCUT2D eigenvalue weighted by atomic mass is 9.94. The first-order valence-corrected chi connectivity index (χ1v) is 13.3. The zero-order valence-corrected chi connectivity index (χ0v) is 21.5. The van der Waals surface area contributed by atoms with Crippen molar-refractivity contribution in [3.63, 3.8) is 0 Å². The molecule has 39 heavy (non-hydrogen) atoms. The van der Waals surface area contributed by atoms with Crippen LogP contribution < -0.4 is 5.56 Å². The molecule has 0 atom stereocenters. The van der Waals surface area contributed by atoms with Gasteiger partial charge in [-0.2, -0.15) is 5.26 Å². The second-order valence-corrected chi connectivity index (χ2v) is 10.2. The Labute approximate surface area is 223 Å². The van der Waals surface area contributed by atoms with Crippen molar-refractivity contribution in [1.82, 2.24) is 13.5 Å². The molecule has 8 nitrogen and oxygen atoms in total. The van der Waals surface area contributed by atoms with E-state index in [1.54, 1.807) is 18.4 Å². The standard InChI is InChI=1S/C31H26N4O4/c1-38-31(37)19-13-14-25-26(16-19)35-28(33(25)18-21-10-7-15-39-21)24(17-32)27-22-11-5-6-12-23(22)30(36)34(29(27)35)20-8-3-2-4-9-20/h5-7,10-16,20H,2-4,8-9,18H2,1H3. The molecule has 0 unspecified atom stereocenters. The Bertz CT molecular complexity index is 2010. The molecule has 0 saturated heterocycles. The highest BCUT2D eigenvalue weighted by Crippen LogP contribution is 2.39. The largest absolute Gasteiger partial charge is 0.467 e. The number of fused-ring (bicyclic) bond motifs is 7. The minimum absolute atomic E-state index is 0.0234. The highest BCUT2D eigenvalue weighted by molar-refractivity contribution is 6.13. The lowest BCUT2D eigenvalue weighted by molar-refractivity contribution is 0.0601. The number of imidazole rings is 1. The van der Waals surface area contributed by atoms with Crippen molar-refractivity contribution in [2.75, 3.05) is 7.11 Å². The van der Waals surface area contributed by atoms with E-state index in [1.807, 2.05) is 56.0 Å². The van der Waals surface area contributed by atoms with Crippen molar-refractivity contribution in [2.24, 2.45) is 0 Å². The quantitative estimate of drug-likeness (QED) is 0.260. The Kier molecular flexibility index (Phi) is 5.34. The molecule has 1 fully saturated rings. The number of carbonyl (C=O) groups excluding carboxylic acids is 1. The number of ether oxygens (including phenoxy) is 1. The molecule has 0 aliphatic heterocycles. The fourth-order valence-corrected chi connectivity index (χ4v) is 6.42. The Hall–Kier alpha value is -4.77. The third-order valence-corrected chi connectivity index (χ3v) is 8.12. The van der Waals surface area contributed by atoms with E-state index in [4.69, 9.17) is 9.15 Å². The molecule has 0 N–H and O–H groups in total. The summed E-state index contributed by atoms with van der Waals surface area (Å²) in [5.74, 6) is 0.283. The first-order valence-electron chi connectivity index (χ1n) is 13.3. The summed E-state index contributed by atoms with van der Waals surface area (Å²) in [6.45, 7) is 0.383. The number of aromatic nitrogens is 3. The number of nitrogens with zero attached hydrogens (tertiary/aromatic N) is 4. The molecule has 7 rings (SSSR count). The van der Waals surface area contributed by atoms with Crippen LogP contribution >= 0.6 is 0 Å². The van der Waals surface area contributed by atoms with Crippen LogP contribution in [0.2, 0.25) is 0 Å². The summed E-state index contributed by atoms with van der Waals surface area (Å²) in [5, 5.41) is 12.8. The Morgan fingerprint density at radius 2 is 1.82 bits per heavy atom. The molecule has 6 aromatic rings. The van der Waals surface area contributed by atoms with E-state index in [0.717, 1.165) is 59.7 Å².